The monoisotopic (exact) mass is 399 g/mol. The summed E-state index contributed by atoms with van der Waals surface area (Å²) in [5, 5.41) is 4.83. The minimum absolute atomic E-state index is 0.624. The summed E-state index contributed by atoms with van der Waals surface area (Å²) < 4.78 is 7.23. The summed E-state index contributed by atoms with van der Waals surface area (Å²) in [6, 6.07) is 20.3. The molecule has 0 aliphatic carbocycles. The van der Waals surface area contributed by atoms with Crippen molar-refractivity contribution in [3.05, 3.63) is 84.2 Å². The molecule has 0 radical (unpaired) electrons. The van der Waals surface area contributed by atoms with E-state index in [1.165, 1.54) is 5.56 Å². The van der Waals surface area contributed by atoms with Gasteiger partial charge in [-0.1, -0.05) is 18.2 Å². The Hall–Kier alpha value is -3.51. The number of hydrogen-bond acceptors (Lipinski definition) is 5. The van der Waals surface area contributed by atoms with E-state index in [-0.39, 0.29) is 0 Å². The number of rotatable bonds is 7. The third-order valence-corrected chi connectivity index (χ3v) is 4.79. The molecule has 4 rings (SSSR count). The van der Waals surface area contributed by atoms with E-state index in [4.69, 9.17) is 14.8 Å². The average molecular weight is 399 g/mol. The van der Waals surface area contributed by atoms with Crippen LogP contribution in [0.15, 0.2) is 73.1 Å². The number of nitrogens with zero attached hydrogens (tertiary/aromatic N) is 5. The van der Waals surface area contributed by atoms with Gasteiger partial charge in [0.2, 0.25) is 0 Å². The van der Waals surface area contributed by atoms with Crippen molar-refractivity contribution in [2.75, 3.05) is 21.2 Å². The van der Waals surface area contributed by atoms with Gasteiger partial charge in [0.15, 0.2) is 11.6 Å². The number of ether oxygens (including phenoxy) is 1. The van der Waals surface area contributed by atoms with Crippen molar-refractivity contribution in [2.45, 2.75) is 13.1 Å². The number of methoxy groups -OCH3 is 1. The standard InChI is InChI=1S/C24H25N5O/c1-28(2)16-19-5-4-6-21(15-19)24-26-23(20-7-9-22(30-3)10-8-20)27-29(24)17-18-11-13-25-14-12-18/h4-15H,16-17H2,1-3H3. The highest BCUT2D eigenvalue weighted by atomic mass is 16.5. The average Bonchev–Trinajstić information content (AvgIpc) is 3.18. The lowest BCUT2D eigenvalue weighted by Gasteiger charge is -2.11. The van der Waals surface area contributed by atoms with Gasteiger partial charge < -0.3 is 9.64 Å². The van der Waals surface area contributed by atoms with Crippen LogP contribution in [-0.2, 0) is 13.1 Å². The van der Waals surface area contributed by atoms with Gasteiger partial charge in [0.25, 0.3) is 0 Å². The van der Waals surface area contributed by atoms with Crippen molar-refractivity contribution >= 4 is 0 Å². The fraction of sp³-hybridized carbons (Fsp3) is 0.208. The largest absolute Gasteiger partial charge is 0.497 e. The van der Waals surface area contributed by atoms with E-state index in [9.17, 15) is 0 Å². The maximum Gasteiger partial charge on any atom is 0.181 e. The molecule has 6 heteroatoms. The van der Waals surface area contributed by atoms with Crippen LogP contribution >= 0.6 is 0 Å². The molecule has 2 aromatic carbocycles. The maximum atomic E-state index is 5.27. The van der Waals surface area contributed by atoms with Crippen molar-refractivity contribution in [1.29, 1.82) is 0 Å². The summed E-state index contributed by atoms with van der Waals surface area (Å²) in [6.45, 7) is 1.50. The smallest absolute Gasteiger partial charge is 0.181 e. The Morgan fingerprint density at radius 3 is 2.37 bits per heavy atom. The number of benzene rings is 2. The fourth-order valence-electron chi connectivity index (χ4n) is 3.36. The molecule has 6 nitrogen and oxygen atoms in total. The SMILES string of the molecule is COc1ccc(-c2nc(-c3cccc(CN(C)C)c3)n(Cc3ccncc3)n2)cc1. The van der Waals surface area contributed by atoms with E-state index < -0.39 is 0 Å². The molecule has 152 valence electrons. The van der Waals surface area contributed by atoms with Crippen molar-refractivity contribution < 1.29 is 4.74 Å². The zero-order valence-corrected chi connectivity index (χ0v) is 17.5. The highest BCUT2D eigenvalue weighted by Gasteiger charge is 2.15. The van der Waals surface area contributed by atoms with Crippen LogP contribution in [0, 0.1) is 0 Å². The highest BCUT2D eigenvalue weighted by Crippen LogP contribution is 2.25. The van der Waals surface area contributed by atoms with Gasteiger partial charge in [-0.3, -0.25) is 4.98 Å². The Kier molecular flexibility index (Phi) is 5.86. The quantitative estimate of drug-likeness (QED) is 0.468. The molecule has 0 saturated carbocycles. The molecule has 30 heavy (non-hydrogen) atoms. The van der Waals surface area contributed by atoms with E-state index in [2.05, 4.69) is 48.2 Å². The zero-order valence-electron chi connectivity index (χ0n) is 17.5. The Morgan fingerprint density at radius 1 is 0.900 bits per heavy atom. The molecule has 2 heterocycles. The summed E-state index contributed by atoms with van der Waals surface area (Å²) in [4.78, 5) is 11.2. The van der Waals surface area contributed by atoms with Crippen molar-refractivity contribution in [3.8, 4) is 28.5 Å². The first kappa shape index (κ1) is 19.8. The molecule has 0 aliphatic rings. The fourth-order valence-corrected chi connectivity index (χ4v) is 3.36. The van der Waals surface area contributed by atoms with E-state index >= 15 is 0 Å². The first-order chi connectivity index (χ1) is 14.6. The molecule has 0 unspecified atom stereocenters. The molecular weight excluding hydrogens is 374 g/mol. The Labute approximate surface area is 176 Å². The molecule has 4 aromatic rings. The molecule has 2 aromatic heterocycles. The van der Waals surface area contributed by atoms with Gasteiger partial charge in [0.1, 0.15) is 5.75 Å². The minimum Gasteiger partial charge on any atom is -0.497 e. The maximum absolute atomic E-state index is 5.27. The molecule has 0 aliphatic heterocycles. The van der Waals surface area contributed by atoms with Crippen LogP contribution < -0.4 is 4.74 Å². The molecule has 0 fully saturated rings. The topological polar surface area (TPSA) is 56.1 Å². The lowest BCUT2D eigenvalue weighted by Crippen LogP contribution is -2.10. The number of pyridine rings is 1. The Bertz CT molecular complexity index is 1100. The molecule has 0 saturated heterocycles. The van der Waals surface area contributed by atoms with Crippen molar-refractivity contribution in [1.82, 2.24) is 24.6 Å². The summed E-state index contributed by atoms with van der Waals surface area (Å²) in [6.07, 6.45) is 3.60. The van der Waals surface area contributed by atoms with Crippen LogP contribution in [-0.4, -0.2) is 45.9 Å². The Balaban J connectivity index is 1.76. The van der Waals surface area contributed by atoms with Crippen LogP contribution in [0.1, 0.15) is 11.1 Å². The number of hydrogen-bond donors (Lipinski definition) is 0. The molecular formula is C24H25N5O. The van der Waals surface area contributed by atoms with Crippen LogP contribution in [0.3, 0.4) is 0 Å². The molecule has 0 atom stereocenters. The number of aromatic nitrogens is 4. The minimum atomic E-state index is 0.624. The van der Waals surface area contributed by atoms with E-state index in [0.29, 0.717) is 12.4 Å². The zero-order chi connectivity index (χ0) is 20.9. The van der Waals surface area contributed by atoms with Crippen LogP contribution in [0.25, 0.3) is 22.8 Å². The van der Waals surface area contributed by atoms with Crippen LogP contribution in [0.5, 0.6) is 5.75 Å². The first-order valence-corrected chi connectivity index (χ1v) is 9.84. The van der Waals surface area contributed by atoms with Crippen LogP contribution in [0.2, 0.25) is 0 Å². The summed E-state index contributed by atoms with van der Waals surface area (Å²) in [5.74, 6) is 2.35. The van der Waals surface area contributed by atoms with Gasteiger partial charge in [0.05, 0.1) is 13.7 Å². The second-order valence-electron chi connectivity index (χ2n) is 7.44. The molecule has 0 bridgehead atoms. The predicted octanol–water partition coefficient (Wildman–Crippen LogP) is 4.13. The predicted molar refractivity (Wildman–Crippen MR) is 118 cm³/mol. The highest BCUT2D eigenvalue weighted by molar-refractivity contribution is 5.63. The third-order valence-electron chi connectivity index (χ3n) is 4.79. The molecule has 0 N–H and O–H groups in total. The van der Waals surface area contributed by atoms with E-state index in [1.807, 2.05) is 41.1 Å². The normalized spacial score (nSPS) is 11.1. The molecule has 0 spiro atoms. The van der Waals surface area contributed by atoms with E-state index in [0.717, 1.165) is 34.8 Å². The van der Waals surface area contributed by atoms with Gasteiger partial charge in [-0.05, 0) is 67.7 Å². The van der Waals surface area contributed by atoms with Gasteiger partial charge >= 0.3 is 0 Å². The van der Waals surface area contributed by atoms with E-state index in [1.54, 1.807) is 19.5 Å². The van der Waals surface area contributed by atoms with Gasteiger partial charge in [-0.15, -0.1) is 0 Å². The summed E-state index contributed by atoms with van der Waals surface area (Å²) in [5.41, 5.74) is 4.37. The van der Waals surface area contributed by atoms with Gasteiger partial charge in [-0.25, -0.2) is 9.67 Å². The Morgan fingerprint density at radius 2 is 1.67 bits per heavy atom. The summed E-state index contributed by atoms with van der Waals surface area (Å²) in [7, 11) is 5.80. The first-order valence-electron chi connectivity index (χ1n) is 9.84. The van der Waals surface area contributed by atoms with Crippen LogP contribution in [0.4, 0.5) is 0 Å². The van der Waals surface area contributed by atoms with Gasteiger partial charge in [-0.2, -0.15) is 5.10 Å². The third kappa shape index (κ3) is 4.55. The second kappa shape index (κ2) is 8.88. The molecule has 0 amide bonds. The van der Waals surface area contributed by atoms with Gasteiger partial charge in [0, 0.05) is 30.1 Å². The lowest BCUT2D eigenvalue weighted by atomic mass is 10.1. The van der Waals surface area contributed by atoms with Crippen molar-refractivity contribution in [3.63, 3.8) is 0 Å². The lowest BCUT2D eigenvalue weighted by molar-refractivity contribution is 0.402. The second-order valence-corrected chi connectivity index (χ2v) is 7.44. The van der Waals surface area contributed by atoms with Crippen molar-refractivity contribution in [2.24, 2.45) is 0 Å². The summed E-state index contributed by atoms with van der Waals surface area (Å²) >= 11 is 0.